The SMILES string of the molecule is COc1ccc(C(CO[Si])(c2ccc(OC)cc2)c2ccc(OC)cc2)cc1. The van der Waals surface area contributed by atoms with Gasteiger partial charge in [0.15, 0.2) is 0 Å². The number of hydrogen-bond acceptors (Lipinski definition) is 4. The lowest BCUT2D eigenvalue weighted by Crippen LogP contribution is -2.34. The quantitative estimate of drug-likeness (QED) is 0.427. The molecule has 0 N–H and O–H groups in total. The molecule has 5 heteroatoms. The Balaban J connectivity index is 2.23. The minimum Gasteiger partial charge on any atom is -0.497 e. The molecule has 0 bridgehead atoms. The van der Waals surface area contributed by atoms with E-state index in [2.05, 4.69) is 46.9 Å². The van der Waals surface area contributed by atoms with Gasteiger partial charge in [-0.1, -0.05) is 36.4 Å². The predicted octanol–water partition coefficient (Wildman–Crippen LogP) is 4.15. The van der Waals surface area contributed by atoms with E-state index in [9.17, 15) is 0 Å². The van der Waals surface area contributed by atoms with Gasteiger partial charge in [0.25, 0.3) is 0 Å². The van der Waals surface area contributed by atoms with Crippen molar-refractivity contribution in [3.05, 3.63) is 89.5 Å². The molecule has 0 aliphatic carbocycles. The fraction of sp³-hybridized carbons (Fsp3) is 0.217. The van der Waals surface area contributed by atoms with E-state index in [-0.39, 0.29) is 0 Å². The van der Waals surface area contributed by atoms with Crippen LogP contribution in [0.3, 0.4) is 0 Å². The highest BCUT2D eigenvalue weighted by Gasteiger charge is 2.36. The van der Waals surface area contributed by atoms with Gasteiger partial charge in [-0.25, -0.2) is 0 Å². The van der Waals surface area contributed by atoms with Gasteiger partial charge in [-0.3, -0.25) is 0 Å². The van der Waals surface area contributed by atoms with Gasteiger partial charge in [0.05, 0.1) is 33.4 Å². The van der Waals surface area contributed by atoms with Crippen LogP contribution in [0.15, 0.2) is 72.8 Å². The van der Waals surface area contributed by atoms with Crippen LogP contribution in [-0.4, -0.2) is 38.4 Å². The summed E-state index contributed by atoms with van der Waals surface area (Å²) < 4.78 is 21.6. The number of methoxy groups -OCH3 is 3. The summed E-state index contributed by atoms with van der Waals surface area (Å²) in [5, 5.41) is 0. The Morgan fingerprint density at radius 2 is 0.857 bits per heavy atom. The molecular weight excluding hydrogens is 368 g/mol. The van der Waals surface area contributed by atoms with Crippen LogP contribution in [0.2, 0.25) is 0 Å². The van der Waals surface area contributed by atoms with Crippen molar-refractivity contribution < 1.29 is 18.6 Å². The molecule has 0 saturated heterocycles. The molecule has 0 aliphatic heterocycles. The Kier molecular flexibility index (Phi) is 6.39. The Hall–Kier alpha value is -2.76. The molecule has 143 valence electrons. The molecule has 3 rings (SSSR count). The van der Waals surface area contributed by atoms with E-state index >= 15 is 0 Å². The van der Waals surface area contributed by atoms with E-state index in [0.717, 1.165) is 33.9 Å². The highest BCUT2D eigenvalue weighted by molar-refractivity contribution is 5.98. The van der Waals surface area contributed by atoms with Crippen molar-refractivity contribution in [1.82, 2.24) is 0 Å². The number of benzene rings is 3. The molecule has 0 amide bonds. The molecule has 0 aliphatic rings. The van der Waals surface area contributed by atoms with Gasteiger partial charge in [-0.05, 0) is 53.1 Å². The Morgan fingerprint density at radius 3 is 1.07 bits per heavy atom. The smallest absolute Gasteiger partial charge is 0.246 e. The molecule has 0 fully saturated rings. The summed E-state index contributed by atoms with van der Waals surface area (Å²) in [6.07, 6.45) is 0. The van der Waals surface area contributed by atoms with Crippen LogP contribution < -0.4 is 14.2 Å². The highest BCUT2D eigenvalue weighted by Crippen LogP contribution is 2.41. The van der Waals surface area contributed by atoms with E-state index in [1.54, 1.807) is 21.3 Å². The standard InChI is InChI=1S/C23H23O4Si/c1-24-20-10-4-17(5-11-20)23(16-27-28,18-6-12-21(25-2)13-7-18)19-8-14-22(26-3)15-9-19/h4-15H,16H2,1-3H3. The lowest BCUT2D eigenvalue weighted by molar-refractivity contribution is 0.288. The first-order chi connectivity index (χ1) is 13.7. The van der Waals surface area contributed by atoms with E-state index < -0.39 is 5.41 Å². The molecule has 3 aromatic rings. The minimum atomic E-state index is -0.535. The van der Waals surface area contributed by atoms with Crippen LogP contribution in [0.25, 0.3) is 0 Å². The summed E-state index contributed by atoms with van der Waals surface area (Å²) in [5.74, 6) is 2.42. The summed E-state index contributed by atoms with van der Waals surface area (Å²) in [7, 11) is 8.23. The fourth-order valence-corrected chi connectivity index (χ4v) is 3.70. The minimum absolute atomic E-state index is 0.398. The van der Waals surface area contributed by atoms with Crippen LogP contribution in [0, 0.1) is 0 Å². The monoisotopic (exact) mass is 391 g/mol. The van der Waals surface area contributed by atoms with Crippen molar-refractivity contribution in [1.29, 1.82) is 0 Å². The third kappa shape index (κ3) is 3.77. The van der Waals surface area contributed by atoms with Gasteiger partial charge in [0.2, 0.25) is 10.5 Å². The first kappa shape index (κ1) is 20.0. The Bertz CT molecular complexity index is 758. The fourth-order valence-electron chi connectivity index (χ4n) is 3.48. The third-order valence-corrected chi connectivity index (χ3v) is 5.18. The van der Waals surface area contributed by atoms with Crippen molar-refractivity contribution in [3.8, 4) is 17.2 Å². The zero-order chi connectivity index (χ0) is 20.0. The summed E-state index contributed by atoms with van der Waals surface area (Å²) in [5.41, 5.74) is 2.72. The molecular formula is C23H23O4Si. The predicted molar refractivity (Wildman–Crippen MR) is 111 cm³/mol. The molecule has 0 atom stereocenters. The molecule has 0 saturated carbocycles. The van der Waals surface area contributed by atoms with Gasteiger partial charge >= 0.3 is 0 Å². The van der Waals surface area contributed by atoms with Crippen molar-refractivity contribution in [3.63, 3.8) is 0 Å². The van der Waals surface area contributed by atoms with Gasteiger partial charge in [-0.2, -0.15) is 0 Å². The van der Waals surface area contributed by atoms with Gasteiger partial charge in [-0.15, -0.1) is 0 Å². The molecule has 28 heavy (non-hydrogen) atoms. The lowest BCUT2D eigenvalue weighted by atomic mass is 9.70. The second-order valence-corrected chi connectivity index (χ2v) is 6.67. The summed E-state index contributed by atoms with van der Waals surface area (Å²) in [6, 6.07) is 24.2. The molecule has 4 nitrogen and oxygen atoms in total. The van der Waals surface area contributed by atoms with Crippen LogP contribution in [0.5, 0.6) is 17.2 Å². The molecule has 0 heterocycles. The topological polar surface area (TPSA) is 36.9 Å². The zero-order valence-corrected chi connectivity index (χ0v) is 17.3. The molecule has 3 aromatic carbocycles. The van der Waals surface area contributed by atoms with Crippen molar-refractivity contribution >= 4 is 10.5 Å². The van der Waals surface area contributed by atoms with Gasteiger partial charge < -0.3 is 18.6 Å². The summed E-state index contributed by atoms with van der Waals surface area (Å²) >= 11 is 0. The van der Waals surface area contributed by atoms with Crippen molar-refractivity contribution in [2.75, 3.05) is 27.9 Å². The second kappa shape index (κ2) is 8.95. The maximum Gasteiger partial charge on any atom is 0.246 e. The maximum absolute atomic E-state index is 5.55. The lowest BCUT2D eigenvalue weighted by Gasteiger charge is -2.35. The van der Waals surface area contributed by atoms with E-state index in [1.807, 2.05) is 36.4 Å². The number of hydrogen-bond donors (Lipinski definition) is 0. The molecule has 0 spiro atoms. The van der Waals surface area contributed by atoms with E-state index in [0.29, 0.717) is 6.61 Å². The van der Waals surface area contributed by atoms with Gasteiger partial charge in [0, 0.05) is 0 Å². The largest absolute Gasteiger partial charge is 0.497 e. The summed E-state index contributed by atoms with van der Waals surface area (Å²) in [6.45, 7) is 0.398. The molecule has 3 radical (unpaired) electrons. The highest BCUT2D eigenvalue weighted by atomic mass is 28.2. The summed E-state index contributed by atoms with van der Waals surface area (Å²) in [4.78, 5) is 0. The third-order valence-electron chi connectivity index (χ3n) is 5.04. The van der Waals surface area contributed by atoms with Crippen LogP contribution >= 0.6 is 0 Å². The van der Waals surface area contributed by atoms with Crippen molar-refractivity contribution in [2.45, 2.75) is 5.41 Å². The Morgan fingerprint density at radius 1 is 0.571 bits per heavy atom. The van der Waals surface area contributed by atoms with Crippen LogP contribution in [0.4, 0.5) is 0 Å². The zero-order valence-electron chi connectivity index (χ0n) is 16.3. The average molecular weight is 392 g/mol. The van der Waals surface area contributed by atoms with E-state index in [4.69, 9.17) is 18.6 Å². The van der Waals surface area contributed by atoms with Crippen LogP contribution in [0.1, 0.15) is 16.7 Å². The number of rotatable bonds is 8. The number of ether oxygens (including phenoxy) is 3. The molecule has 0 unspecified atom stereocenters. The van der Waals surface area contributed by atoms with E-state index in [1.165, 1.54) is 0 Å². The first-order valence-corrected chi connectivity index (χ1v) is 9.31. The average Bonchev–Trinajstić information content (AvgIpc) is 2.78. The van der Waals surface area contributed by atoms with Crippen molar-refractivity contribution in [2.24, 2.45) is 0 Å². The van der Waals surface area contributed by atoms with Crippen LogP contribution in [-0.2, 0) is 9.84 Å². The second-order valence-electron chi connectivity index (χ2n) is 6.38. The maximum atomic E-state index is 5.55. The van der Waals surface area contributed by atoms with Gasteiger partial charge in [0.1, 0.15) is 17.2 Å². The Labute approximate surface area is 169 Å². The normalized spacial score (nSPS) is 11.1. The molecule has 0 aromatic heterocycles. The first-order valence-electron chi connectivity index (χ1n) is 8.90.